The van der Waals surface area contributed by atoms with Gasteiger partial charge in [0.15, 0.2) is 5.52 Å². The summed E-state index contributed by atoms with van der Waals surface area (Å²) in [6.45, 7) is 12.2. The lowest BCUT2D eigenvalue weighted by Crippen LogP contribution is -2.21. The first kappa shape index (κ1) is 27.8. The van der Waals surface area contributed by atoms with E-state index in [2.05, 4.69) is 20.8 Å². The number of carbonyl (C=O) groups is 1. The Kier molecular flexibility index (Phi) is 11.0. The van der Waals surface area contributed by atoms with Gasteiger partial charge < -0.3 is 23.7 Å². The highest BCUT2D eigenvalue weighted by molar-refractivity contribution is 7.66. The molecule has 0 aromatic heterocycles. The Morgan fingerprint density at radius 2 is 1.21 bits per heavy atom. The van der Waals surface area contributed by atoms with Crippen LogP contribution in [0.25, 0.3) is 0 Å². The molecule has 0 aliphatic rings. The predicted octanol–water partition coefficient (Wildman–Crippen LogP) is 6.38. The second-order valence-electron chi connectivity index (χ2n) is 8.30. The van der Waals surface area contributed by atoms with Crippen molar-refractivity contribution in [2.45, 2.75) is 79.1 Å². The van der Waals surface area contributed by atoms with Crippen LogP contribution in [0, 0.1) is 0 Å². The van der Waals surface area contributed by atoms with Gasteiger partial charge in [-0.05, 0) is 60.7 Å². The van der Waals surface area contributed by atoms with Crippen LogP contribution in [0.1, 0.15) is 71.2 Å². The first-order valence-electron chi connectivity index (χ1n) is 12.0. The maximum Gasteiger partial charge on any atom is 0.193 e. The maximum absolute atomic E-state index is 13.6. The number of carbonyl (C=O) groups excluding carboxylic acids is 1. The summed E-state index contributed by atoms with van der Waals surface area (Å²) in [4.78, 5) is 13.6. The molecule has 0 fully saturated rings. The van der Waals surface area contributed by atoms with E-state index in [1.165, 1.54) is 0 Å². The van der Waals surface area contributed by atoms with Crippen LogP contribution in [0.15, 0.2) is 30.3 Å². The van der Waals surface area contributed by atoms with Crippen LogP contribution in [-0.2, 0) is 0 Å². The topological polar surface area (TPSA) is 63.2 Å². The molecule has 188 valence electrons. The minimum atomic E-state index is -0.258. The standard InChI is InChI=1S/C27H39O6P/c1-9-17(4)31-20-15-23(32-18(5)10-2)26(24(16-20)33-19(6)11-3)34-27(28)25-21(29-7)13-12-14-22(25)30-8/h12-19,34H,9-11H2,1-8H3. The molecule has 2 aromatic carbocycles. The molecule has 0 amide bonds. The van der Waals surface area contributed by atoms with Crippen molar-refractivity contribution < 1.29 is 28.5 Å². The fourth-order valence-electron chi connectivity index (χ4n) is 3.11. The molecule has 2 rings (SSSR count). The third-order valence-corrected chi connectivity index (χ3v) is 6.87. The van der Waals surface area contributed by atoms with Crippen molar-refractivity contribution in [1.29, 1.82) is 0 Å². The Hall–Kier alpha value is -2.46. The molecule has 4 unspecified atom stereocenters. The van der Waals surface area contributed by atoms with E-state index in [0.29, 0.717) is 34.3 Å². The van der Waals surface area contributed by atoms with Gasteiger partial charge in [0.05, 0.1) is 37.8 Å². The summed E-state index contributed by atoms with van der Waals surface area (Å²) in [5, 5.41) is 0.718. The van der Waals surface area contributed by atoms with Gasteiger partial charge in [-0.15, -0.1) is 0 Å². The molecule has 0 aliphatic carbocycles. The number of hydrogen-bond donors (Lipinski definition) is 0. The summed E-state index contributed by atoms with van der Waals surface area (Å²) >= 11 is 0. The lowest BCUT2D eigenvalue weighted by Gasteiger charge is -2.23. The Labute approximate surface area is 206 Å². The molecule has 4 atom stereocenters. The number of benzene rings is 2. The summed E-state index contributed by atoms with van der Waals surface area (Å²) in [5.74, 6) is 2.83. The number of methoxy groups -OCH3 is 2. The number of ether oxygens (including phenoxy) is 5. The van der Waals surface area contributed by atoms with E-state index in [-0.39, 0.29) is 32.4 Å². The van der Waals surface area contributed by atoms with Gasteiger partial charge in [-0.2, -0.15) is 0 Å². The Morgan fingerprint density at radius 1 is 0.765 bits per heavy atom. The Morgan fingerprint density at radius 3 is 1.62 bits per heavy atom. The van der Waals surface area contributed by atoms with Gasteiger partial charge in [-0.25, -0.2) is 0 Å². The fourth-order valence-corrected chi connectivity index (χ4v) is 4.22. The van der Waals surface area contributed by atoms with Crippen LogP contribution in [0.5, 0.6) is 28.7 Å². The molecule has 0 saturated carbocycles. The van der Waals surface area contributed by atoms with Gasteiger partial charge in [0, 0.05) is 12.1 Å². The molecule has 7 heteroatoms. The van der Waals surface area contributed by atoms with Crippen LogP contribution in [0.3, 0.4) is 0 Å². The van der Waals surface area contributed by atoms with Crippen molar-refractivity contribution >= 4 is 19.4 Å². The van der Waals surface area contributed by atoms with Crippen LogP contribution < -0.4 is 29.0 Å². The smallest absolute Gasteiger partial charge is 0.193 e. The zero-order valence-corrected chi connectivity index (χ0v) is 22.7. The molecular formula is C27H39O6P. The Bertz CT molecular complexity index is 889. The molecule has 0 N–H and O–H groups in total. The minimum absolute atomic E-state index is 0.0326. The lowest BCUT2D eigenvalue weighted by atomic mass is 10.2. The summed E-state index contributed by atoms with van der Waals surface area (Å²) in [6, 6.07) is 9.06. The van der Waals surface area contributed by atoms with Gasteiger partial charge in [-0.1, -0.05) is 26.8 Å². The van der Waals surface area contributed by atoms with Crippen molar-refractivity contribution in [3.63, 3.8) is 0 Å². The highest BCUT2D eigenvalue weighted by Gasteiger charge is 2.25. The van der Waals surface area contributed by atoms with E-state index in [9.17, 15) is 4.79 Å². The van der Waals surface area contributed by atoms with Crippen LogP contribution in [-0.4, -0.2) is 38.1 Å². The average molecular weight is 491 g/mol. The summed E-state index contributed by atoms with van der Waals surface area (Å²) in [7, 11) is 2.83. The maximum atomic E-state index is 13.6. The lowest BCUT2D eigenvalue weighted by molar-refractivity contribution is 0.108. The third-order valence-electron chi connectivity index (χ3n) is 5.65. The number of hydrogen-bond acceptors (Lipinski definition) is 6. The average Bonchev–Trinajstić information content (AvgIpc) is 2.84. The van der Waals surface area contributed by atoms with Gasteiger partial charge in [0.25, 0.3) is 0 Å². The zero-order chi connectivity index (χ0) is 25.3. The molecule has 6 nitrogen and oxygen atoms in total. The SMILES string of the molecule is CCC(C)Oc1cc(OC(C)CC)c(PC(=O)c2c(OC)cccc2OC)c(OC(C)CC)c1. The highest BCUT2D eigenvalue weighted by atomic mass is 31.1. The summed E-state index contributed by atoms with van der Waals surface area (Å²) < 4.78 is 29.6. The quantitative estimate of drug-likeness (QED) is 0.286. The third kappa shape index (κ3) is 7.27. The van der Waals surface area contributed by atoms with E-state index in [1.807, 2.05) is 32.9 Å². The molecule has 0 heterocycles. The molecule has 0 spiro atoms. The molecule has 0 saturated heterocycles. The zero-order valence-electron chi connectivity index (χ0n) is 21.7. The van der Waals surface area contributed by atoms with E-state index in [1.54, 1.807) is 32.4 Å². The Balaban J connectivity index is 2.62. The van der Waals surface area contributed by atoms with Crippen molar-refractivity contribution in [1.82, 2.24) is 0 Å². The first-order valence-corrected chi connectivity index (χ1v) is 13.0. The summed E-state index contributed by atoms with van der Waals surface area (Å²) in [6.07, 6.45) is 2.51. The van der Waals surface area contributed by atoms with Crippen molar-refractivity contribution in [3.8, 4) is 28.7 Å². The van der Waals surface area contributed by atoms with E-state index in [0.717, 1.165) is 24.6 Å². The van der Waals surface area contributed by atoms with E-state index >= 15 is 0 Å². The highest BCUT2D eigenvalue weighted by Crippen LogP contribution is 2.39. The largest absolute Gasteiger partial charge is 0.496 e. The first-order chi connectivity index (χ1) is 16.3. The van der Waals surface area contributed by atoms with Gasteiger partial charge in [-0.3, -0.25) is 4.79 Å². The molecule has 0 radical (unpaired) electrons. The van der Waals surface area contributed by atoms with Crippen molar-refractivity contribution in [2.24, 2.45) is 0 Å². The normalized spacial score (nSPS) is 13.9. The van der Waals surface area contributed by atoms with Crippen LogP contribution in [0.2, 0.25) is 0 Å². The second-order valence-corrected chi connectivity index (χ2v) is 9.50. The monoisotopic (exact) mass is 490 g/mol. The molecule has 34 heavy (non-hydrogen) atoms. The molecule has 0 aliphatic heterocycles. The molecule has 2 aromatic rings. The predicted molar refractivity (Wildman–Crippen MR) is 139 cm³/mol. The van der Waals surface area contributed by atoms with Gasteiger partial charge in [0.1, 0.15) is 34.3 Å². The van der Waals surface area contributed by atoms with E-state index < -0.39 is 0 Å². The van der Waals surface area contributed by atoms with E-state index in [4.69, 9.17) is 23.7 Å². The van der Waals surface area contributed by atoms with Crippen molar-refractivity contribution in [2.75, 3.05) is 14.2 Å². The molecular weight excluding hydrogens is 451 g/mol. The van der Waals surface area contributed by atoms with Crippen LogP contribution in [0.4, 0.5) is 0 Å². The van der Waals surface area contributed by atoms with Crippen molar-refractivity contribution in [3.05, 3.63) is 35.9 Å². The second kappa shape index (κ2) is 13.4. The van der Waals surface area contributed by atoms with Gasteiger partial charge >= 0.3 is 0 Å². The van der Waals surface area contributed by atoms with Crippen LogP contribution >= 0.6 is 8.58 Å². The van der Waals surface area contributed by atoms with Gasteiger partial charge in [0.2, 0.25) is 0 Å². The fraction of sp³-hybridized carbons (Fsp3) is 0.519. The molecule has 0 bridgehead atoms. The number of rotatable bonds is 14. The minimum Gasteiger partial charge on any atom is -0.496 e. The summed E-state index contributed by atoms with van der Waals surface area (Å²) in [5.41, 5.74) is 0.294.